The van der Waals surface area contributed by atoms with Crippen LogP contribution in [0, 0.1) is 91.7 Å². The summed E-state index contributed by atoms with van der Waals surface area (Å²) in [7, 11) is 0. The average molecular weight is 2220 g/mol. The predicted molar refractivity (Wildman–Crippen MR) is 552 cm³/mol. The predicted octanol–water partition coefficient (Wildman–Crippen LogP) is 36.2. The van der Waals surface area contributed by atoms with Gasteiger partial charge >= 0.3 is 6.18 Å². The Hall–Kier alpha value is -9.49. The summed E-state index contributed by atoms with van der Waals surface area (Å²) in [6.45, 7) is 7.75. The molecule has 144 heavy (non-hydrogen) atoms. The Morgan fingerprint density at radius 2 is 0.556 bits per heavy atom. The lowest BCUT2D eigenvalue weighted by Crippen LogP contribution is -2.16. The molecule has 0 radical (unpaired) electrons. The molecule has 35 heteroatoms. The summed E-state index contributed by atoms with van der Waals surface area (Å²) < 4.78 is 205. The molecule has 4 aromatic heterocycles. The standard InChI is InChI=1S/C28H21Cl2F5N2S.C27H21Cl3F2N2S.C27H20Cl2F4N2S.C27H21Cl2F3N2S/c1-15-12-16(8-10-21(15)29)18-4-2-7-25-26(18)37(17-9-11-24(32)20(13-17)28(33,34)35)27(36-25)38-14-19-22(30)5-3-6-23(19)31;1-15-12-16(8-10-20(15)28)18-4-2-7-25-26(18)34(17-9-11-24(32)22(30)13-17)27(33-25)35-14-19-21(29)5-3-6-23(19)31;1-14-10-15(8-9-18(14)28)16-4-2-7-24-26(16)35(25-12-22(32)21(31)11-23(25)33)27(34-24)36-13-17-19(29)5-3-6-20(17)30;1-15-12-16(8-10-20(15)28)18-4-2-7-25-26(18)34(17-9-11-23(31)24(32)13-17)27(33-25)35-14-19-21(29)5-3-6-22(19)30/h3,5-6,8-13,18H,2,4,7,14H2,1H3;3,5-6,8-13,18H,2,4,7,14H2,1H3;3,5-6,8-12,16H,2,4,7,13H2,1H3;3,5-6,8-13,18H,2,4,7,14H2,1H3. The Kier molecular flexibility index (Phi) is 33.6. The molecule has 4 aliphatic carbocycles. The van der Waals surface area contributed by atoms with E-state index in [-0.39, 0.29) is 84.3 Å². The summed E-state index contributed by atoms with van der Waals surface area (Å²) in [6, 6.07) is 54.3. The van der Waals surface area contributed by atoms with E-state index >= 15 is 4.39 Å². The van der Waals surface area contributed by atoms with E-state index < -0.39 is 69.9 Å². The molecule has 8 nitrogen and oxygen atoms in total. The topological polar surface area (TPSA) is 71.3 Å². The number of nitrogens with zero attached hydrogens (tertiary/aromatic N) is 8. The summed E-state index contributed by atoms with van der Waals surface area (Å²) in [4.78, 5) is 19.4. The van der Waals surface area contributed by atoms with E-state index in [2.05, 4.69) is 18.2 Å². The second-order valence-corrected chi connectivity index (χ2v) is 42.5. The SMILES string of the molecule is Cc1cc(C2CCCc3nc(SCc4c(F)cccc4Cl)n(-c4cc(F)c(F)cc4F)c32)ccc1Cl.Cc1cc(C2CCCc3nc(SCc4c(F)cccc4Cl)n(-c4ccc(F)c(C(F)(F)F)c4)c32)ccc1Cl.Cc1cc(C2CCCc3nc(SCc4c(F)cccc4Cl)n(-c4ccc(F)c(Cl)c4)c32)ccc1Cl.Cc1cc(C2CCCc3nc(SCc4c(F)cccc4Cl)n(-c4ccc(F)c(F)c4)c32)ccc1Cl. The molecule has 0 saturated carbocycles. The third-order valence-electron chi connectivity index (χ3n) is 25.8. The maximum Gasteiger partial charge on any atom is 0.419 e. The van der Waals surface area contributed by atoms with Crippen LogP contribution in [-0.2, 0) is 54.9 Å². The number of imidazole rings is 4. The summed E-state index contributed by atoms with van der Waals surface area (Å²) in [5.41, 5.74) is 15.9. The Labute approximate surface area is 883 Å². The molecule has 4 aliphatic rings. The van der Waals surface area contributed by atoms with Crippen LogP contribution in [-0.4, -0.2) is 38.2 Å². The van der Waals surface area contributed by atoms with E-state index in [0.29, 0.717) is 98.6 Å². The maximum atomic E-state index is 15.1. The molecular formula is C109H83Cl9F14N8S4. The number of aryl methyl sites for hydroxylation is 8. The van der Waals surface area contributed by atoms with Crippen molar-refractivity contribution in [2.24, 2.45) is 0 Å². The van der Waals surface area contributed by atoms with Crippen molar-refractivity contribution in [3.8, 4) is 22.7 Å². The van der Waals surface area contributed by atoms with Crippen molar-refractivity contribution in [1.82, 2.24) is 38.2 Å². The number of rotatable bonds is 20. The molecule has 0 N–H and O–H groups in total. The third kappa shape index (κ3) is 23.0. The molecule has 4 unspecified atom stereocenters. The van der Waals surface area contributed by atoms with Gasteiger partial charge in [-0.3, -0.25) is 18.3 Å². The summed E-state index contributed by atoms with van der Waals surface area (Å²) in [5, 5.41) is 5.92. The van der Waals surface area contributed by atoms with Gasteiger partial charge in [-0.15, -0.1) is 0 Å². The van der Waals surface area contributed by atoms with Crippen LogP contribution in [0.3, 0.4) is 0 Å². The molecule has 0 amide bonds. The van der Waals surface area contributed by atoms with Gasteiger partial charge in [0.05, 0.1) is 67.5 Å². The minimum absolute atomic E-state index is 0.00160. The monoisotopic (exact) mass is 2210 g/mol. The molecule has 12 aromatic carbocycles. The van der Waals surface area contributed by atoms with Crippen molar-refractivity contribution in [1.29, 1.82) is 0 Å². The first-order valence-electron chi connectivity index (χ1n) is 45.6. The summed E-state index contributed by atoms with van der Waals surface area (Å²) in [6.07, 6.45) is 4.93. The van der Waals surface area contributed by atoms with Crippen molar-refractivity contribution >= 4 is 151 Å². The van der Waals surface area contributed by atoms with Crippen LogP contribution in [0.25, 0.3) is 22.7 Å². The lowest BCUT2D eigenvalue weighted by molar-refractivity contribution is -0.140. The van der Waals surface area contributed by atoms with Gasteiger partial charge in [-0.1, -0.05) is 224 Å². The van der Waals surface area contributed by atoms with Crippen molar-refractivity contribution < 1.29 is 61.5 Å². The van der Waals surface area contributed by atoms with Gasteiger partial charge in [0, 0.05) is 139 Å². The van der Waals surface area contributed by atoms with Crippen LogP contribution in [0.4, 0.5) is 61.5 Å². The van der Waals surface area contributed by atoms with Crippen LogP contribution in [0.1, 0.15) is 193 Å². The molecule has 0 aliphatic heterocycles. The molecule has 16 aromatic rings. The quantitative estimate of drug-likeness (QED) is 0.0425. The van der Waals surface area contributed by atoms with Gasteiger partial charge in [-0.2, -0.15) is 13.2 Å². The number of aromatic nitrogens is 8. The van der Waals surface area contributed by atoms with Crippen molar-refractivity contribution in [3.63, 3.8) is 0 Å². The van der Waals surface area contributed by atoms with E-state index in [4.69, 9.17) is 124 Å². The normalized spacial score (nSPS) is 15.4. The number of alkyl halides is 3. The number of hydrogen-bond donors (Lipinski definition) is 0. The molecule has 0 spiro atoms. The third-order valence-corrected chi connectivity index (χ3v) is 33.1. The molecule has 744 valence electrons. The number of hydrogen-bond acceptors (Lipinski definition) is 8. The lowest BCUT2D eigenvalue weighted by atomic mass is 9.83. The summed E-state index contributed by atoms with van der Waals surface area (Å²) in [5.74, 6) is -8.23. The first kappa shape index (κ1) is 106. The van der Waals surface area contributed by atoms with Crippen molar-refractivity contribution in [3.05, 3.63) is 439 Å². The largest absolute Gasteiger partial charge is 0.419 e. The van der Waals surface area contributed by atoms with Gasteiger partial charge in [0.15, 0.2) is 43.9 Å². The van der Waals surface area contributed by atoms with E-state index in [0.717, 1.165) is 190 Å². The van der Waals surface area contributed by atoms with Gasteiger partial charge in [0.25, 0.3) is 0 Å². The van der Waals surface area contributed by atoms with Gasteiger partial charge < -0.3 is 0 Å². The minimum atomic E-state index is -4.87. The van der Waals surface area contributed by atoms with Crippen molar-refractivity contribution in [2.45, 2.75) is 178 Å². The molecule has 4 heterocycles. The molecule has 4 atom stereocenters. The zero-order valence-corrected chi connectivity index (χ0v) is 86.8. The maximum absolute atomic E-state index is 15.1. The fourth-order valence-electron chi connectivity index (χ4n) is 18.7. The molecule has 0 bridgehead atoms. The highest BCUT2D eigenvalue weighted by molar-refractivity contribution is 7.99. The zero-order valence-electron chi connectivity index (χ0n) is 76.7. The van der Waals surface area contributed by atoms with E-state index in [1.165, 1.54) is 89.9 Å². The average Bonchev–Trinajstić information content (AvgIpc) is 1.60. The van der Waals surface area contributed by atoms with Crippen molar-refractivity contribution in [2.75, 3.05) is 0 Å². The fraction of sp³-hybridized carbons (Fsp3) is 0.229. The van der Waals surface area contributed by atoms with Crippen LogP contribution >= 0.6 is 151 Å². The van der Waals surface area contributed by atoms with Gasteiger partial charge in [0.2, 0.25) is 0 Å². The Morgan fingerprint density at radius 3 is 0.861 bits per heavy atom. The molecular weight excluding hydrogens is 2130 g/mol. The molecule has 0 fully saturated rings. The highest BCUT2D eigenvalue weighted by Crippen LogP contribution is 2.50. The van der Waals surface area contributed by atoms with Crippen LogP contribution in [0.15, 0.2) is 233 Å². The number of thioether (sulfide) groups is 4. The van der Waals surface area contributed by atoms with Gasteiger partial charge in [-0.25, -0.2) is 68.2 Å². The smallest absolute Gasteiger partial charge is 0.291 e. The minimum Gasteiger partial charge on any atom is -0.291 e. The zero-order chi connectivity index (χ0) is 102. The van der Waals surface area contributed by atoms with Crippen LogP contribution < -0.4 is 0 Å². The lowest BCUT2D eigenvalue weighted by Gasteiger charge is -2.26. The summed E-state index contributed by atoms with van der Waals surface area (Å²) >= 11 is 61.2. The number of halogens is 23. The molecule has 20 rings (SSSR count). The Bertz CT molecular complexity index is 7290. The second kappa shape index (κ2) is 45.7. The highest BCUT2D eigenvalue weighted by atomic mass is 35.5. The first-order chi connectivity index (χ1) is 68.9. The van der Waals surface area contributed by atoms with E-state index in [1.54, 1.807) is 69.8 Å². The number of fused-ring (bicyclic) bond motifs is 4. The van der Waals surface area contributed by atoms with E-state index in [9.17, 15) is 57.1 Å². The van der Waals surface area contributed by atoms with Gasteiger partial charge in [0.1, 0.15) is 40.7 Å². The highest BCUT2D eigenvalue weighted by Gasteiger charge is 2.40. The van der Waals surface area contributed by atoms with E-state index in [1.807, 2.05) is 85.4 Å². The second-order valence-electron chi connectivity index (χ2n) is 35.1. The Balaban J connectivity index is 0.000000132. The first-order valence-corrected chi connectivity index (χ1v) is 53.0. The van der Waals surface area contributed by atoms with Gasteiger partial charge in [-0.05, 0) is 271 Å². The Morgan fingerprint density at radius 1 is 0.271 bits per heavy atom. The fourth-order valence-corrected chi connectivity index (χ4v) is 24.8. The molecule has 0 saturated heterocycles. The van der Waals surface area contributed by atoms with Crippen LogP contribution in [0.2, 0.25) is 45.2 Å². The number of benzene rings is 12. The van der Waals surface area contributed by atoms with Crippen LogP contribution in [0.5, 0.6) is 0 Å².